The van der Waals surface area contributed by atoms with Crippen LogP contribution >= 0.6 is 0 Å². The van der Waals surface area contributed by atoms with Gasteiger partial charge < -0.3 is 24.8 Å². The van der Waals surface area contributed by atoms with Crippen LogP contribution in [0.2, 0.25) is 0 Å². The quantitative estimate of drug-likeness (QED) is 0.479. The molecule has 3 rings (SSSR count). The monoisotopic (exact) mass is 381 g/mol. The molecule has 0 fully saturated rings. The van der Waals surface area contributed by atoms with Gasteiger partial charge in [0.25, 0.3) is 0 Å². The number of hydrogen-bond acceptors (Lipinski definition) is 0. The van der Waals surface area contributed by atoms with E-state index in [9.17, 15) is 0 Å². The van der Waals surface area contributed by atoms with E-state index in [0.29, 0.717) is 0 Å². The number of benzene rings is 2. The maximum absolute atomic E-state index is 3.61. The van der Waals surface area contributed by atoms with Crippen LogP contribution in [0.5, 0.6) is 0 Å². The van der Waals surface area contributed by atoms with Crippen LogP contribution in [0, 0.1) is 6.07 Å². The minimum atomic E-state index is 0. The maximum atomic E-state index is 3.61. The van der Waals surface area contributed by atoms with Gasteiger partial charge in [-0.3, -0.25) is 0 Å². The predicted octanol–water partition coefficient (Wildman–Crippen LogP) is -1.59. The summed E-state index contributed by atoms with van der Waals surface area (Å²) in [6.07, 6.45) is 4.75. The summed E-state index contributed by atoms with van der Waals surface area (Å²) in [4.78, 5) is 0. The van der Waals surface area contributed by atoms with Crippen molar-refractivity contribution in [2.24, 2.45) is 0 Å². The number of unbranched alkanes of at least 4 members (excludes halogenated alkanes) is 1. The topological polar surface area (TPSA) is 0 Å². The first-order chi connectivity index (χ1) is 8.38. The summed E-state index contributed by atoms with van der Waals surface area (Å²) in [5, 5.41) is 0. The molecular weight excluding hydrogens is 366 g/mol. The van der Waals surface area contributed by atoms with Crippen LogP contribution in [0.3, 0.4) is 0 Å². The third-order valence-corrected chi connectivity index (χ3v) is 3.56. The Morgan fingerprint density at radius 1 is 1.00 bits per heavy atom. The number of halogens is 2. The first-order valence-electron chi connectivity index (χ1n) is 6.51. The summed E-state index contributed by atoms with van der Waals surface area (Å²) < 4.78 is 0. The Labute approximate surface area is 153 Å². The second-order valence-corrected chi connectivity index (χ2v) is 4.81. The fourth-order valence-electron chi connectivity index (χ4n) is 2.62. The Kier molecular flexibility index (Phi) is 8.99. The molecule has 0 unspecified atom stereocenters. The molecule has 0 saturated heterocycles. The first-order valence-corrected chi connectivity index (χ1v) is 6.51. The van der Waals surface area contributed by atoms with Gasteiger partial charge in [-0.15, -0.1) is 11.1 Å². The van der Waals surface area contributed by atoms with Gasteiger partial charge >= 0.3 is 26.2 Å². The summed E-state index contributed by atoms with van der Waals surface area (Å²) in [6, 6.07) is 16.8. The molecule has 0 saturated carbocycles. The molecule has 0 spiro atoms. The number of aryl methyl sites for hydroxylation is 1. The van der Waals surface area contributed by atoms with Crippen LogP contribution in [0.1, 0.15) is 36.5 Å². The van der Waals surface area contributed by atoms with Crippen LogP contribution < -0.4 is 24.8 Å². The summed E-state index contributed by atoms with van der Waals surface area (Å²) in [6.45, 7) is 2.24. The molecule has 0 aliphatic heterocycles. The van der Waals surface area contributed by atoms with Crippen molar-refractivity contribution in [3.05, 3.63) is 59.2 Å². The summed E-state index contributed by atoms with van der Waals surface area (Å²) >= 11 is 0. The molecule has 103 valence electrons. The molecule has 1 radical (unpaired) electrons. The van der Waals surface area contributed by atoms with Crippen LogP contribution in [0.15, 0.2) is 36.4 Å². The van der Waals surface area contributed by atoms with Crippen LogP contribution in [0.25, 0.3) is 11.1 Å². The summed E-state index contributed by atoms with van der Waals surface area (Å²) in [5.74, 6) is 0. The van der Waals surface area contributed by atoms with Gasteiger partial charge in [-0.25, -0.2) is 0 Å². The van der Waals surface area contributed by atoms with Crippen molar-refractivity contribution in [3.8, 4) is 11.1 Å². The molecule has 0 amide bonds. The van der Waals surface area contributed by atoms with E-state index in [-0.39, 0.29) is 51.0 Å². The molecule has 3 heteroatoms. The Balaban J connectivity index is 0.00000120. The van der Waals surface area contributed by atoms with Gasteiger partial charge in [0.1, 0.15) is 0 Å². The van der Waals surface area contributed by atoms with Gasteiger partial charge in [0.05, 0.1) is 0 Å². The van der Waals surface area contributed by atoms with Crippen LogP contribution in [-0.2, 0) is 39.0 Å². The van der Waals surface area contributed by atoms with E-state index in [1.54, 1.807) is 0 Å². The molecule has 1 aliphatic rings. The van der Waals surface area contributed by atoms with Gasteiger partial charge in [0, 0.05) is 0 Å². The summed E-state index contributed by atoms with van der Waals surface area (Å²) in [7, 11) is 0. The molecule has 2 aromatic carbocycles. The normalized spacial score (nSPS) is 10.4. The first kappa shape index (κ1) is 19.9. The van der Waals surface area contributed by atoms with Crippen molar-refractivity contribution < 1.29 is 51.0 Å². The minimum Gasteiger partial charge on any atom is -1.00 e. The van der Waals surface area contributed by atoms with Crippen molar-refractivity contribution >= 4 is 0 Å². The largest absolute Gasteiger partial charge is 3.00 e. The molecule has 1 aliphatic carbocycles. The average molecular weight is 383 g/mol. The van der Waals surface area contributed by atoms with E-state index in [4.69, 9.17) is 0 Å². The predicted molar refractivity (Wildman–Crippen MR) is 72.1 cm³/mol. The second-order valence-electron chi connectivity index (χ2n) is 4.81. The Morgan fingerprint density at radius 2 is 1.75 bits per heavy atom. The van der Waals surface area contributed by atoms with E-state index in [0.717, 1.165) is 6.42 Å². The molecule has 20 heavy (non-hydrogen) atoms. The molecule has 0 bridgehead atoms. The minimum absolute atomic E-state index is 0. The third-order valence-electron chi connectivity index (χ3n) is 3.56. The zero-order valence-corrected chi connectivity index (χ0v) is 15.5. The van der Waals surface area contributed by atoms with E-state index < -0.39 is 0 Å². The molecule has 0 aromatic heterocycles. The van der Waals surface area contributed by atoms with E-state index in [1.807, 2.05) is 0 Å². The van der Waals surface area contributed by atoms with Crippen molar-refractivity contribution in [1.29, 1.82) is 0 Å². The molecule has 2 aromatic rings. The molecular formula is C17H17Cl2Zr. The zero-order valence-electron chi connectivity index (χ0n) is 11.5. The van der Waals surface area contributed by atoms with Crippen molar-refractivity contribution in [2.75, 3.05) is 0 Å². The Morgan fingerprint density at radius 3 is 2.50 bits per heavy atom. The third kappa shape index (κ3) is 3.97. The van der Waals surface area contributed by atoms with Gasteiger partial charge in [0.15, 0.2) is 0 Å². The zero-order chi connectivity index (χ0) is 11.7. The molecule has 0 heterocycles. The van der Waals surface area contributed by atoms with Crippen molar-refractivity contribution in [1.82, 2.24) is 0 Å². The second kappa shape index (κ2) is 9.03. The van der Waals surface area contributed by atoms with Crippen molar-refractivity contribution in [3.63, 3.8) is 0 Å². The van der Waals surface area contributed by atoms with Crippen LogP contribution in [-0.4, -0.2) is 0 Å². The fraction of sp³-hybridized carbons (Fsp3) is 0.294. The van der Waals surface area contributed by atoms with Gasteiger partial charge in [0.2, 0.25) is 0 Å². The molecule has 0 N–H and O–H groups in total. The van der Waals surface area contributed by atoms with Crippen LogP contribution in [0.4, 0.5) is 0 Å². The van der Waals surface area contributed by atoms with Gasteiger partial charge in [-0.2, -0.15) is 23.8 Å². The van der Waals surface area contributed by atoms with E-state index in [1.165, 1.54) is 47.1 Å². The fourth-order valence-corrected chi connectivity index (χ4v) is 2.62. The molecule has 0 atom stereocenters. The SMILES string of the molecule is CCCCc1[c-]c2c(cc1)-c1ccccc1C2.[Cl-].[Cl-].[Zr+3]. The maximum Gasteiger partial charge on any atom is 3.00 e. The number of hydrogen-bond donors (Lipinski definition) is 0. The van der Waals surface area contributed by atoms with E-state index in [2.05, 4.69) is 49.4 Å². The standard InChI is InChI=1S/C17H17.2ClH.Zr/c1-2-3-6-13-9-10-17-15(11-13)12-14-7-4-5-8-16(14)17;;;/h4-5,7-10H,2-3,6,12H2,1H3;2*1H;/q-1;;;+3/p-2. The van der Waals surface area contributed by atoms with Gasteiger partial charge in [-0.1, -0.05) is 61.6 Å². The average Bonchev–Trinajstić information content (AvgIpc) is 2.74. The van der Waals surface area contributed by atoms with Gasteiger partial charge in [-0.05, 0) is 6.42 Å². The smallest absolute Gasteiger partial charge is 1.00 e. The number of fused-ring (bicyclic) bond motifs is 3. The Hall–Kier alpha value is -0.0969. The Bertz CT molecular complexity index is 552. The van der Waals surface area contributed by atoms with Crippen molar-refractivity contribution in [2.45, 2.75) is 32.6 Å². The number of rotatable bonds is 3. The molecule has 0 nitrogen and oxygen atoms in total. The summed E-state index contributed by atoms with van der Waals surface area (Å²) in [5.41, 5.74) is 7.01. The van der Waals surface area contributed by atoms with E-state index >= 15 is 0 Å².